The zero-order valence-electron chi connectivity index (χ0n) is 9.52. The Kier molecular flexibility index (Phi) is 4.11. The summed E-state index contributed by atoms with van der Waals surface area (Å²) >= 11 is 0. The molecule has 0 spiro atoms. The lowest BCUT2D eigenvalue weighted by molar-refractivity contribution is 0.0502. The Morgan fingerprint density at radius 2 is 2.12 bits per heavy atom. The lowest BCUT2D eigenvalue weighted by Gasteiger charge is -2.21. The molecule has 1 unspecified atom stereocenters. The zero-order valence-corrected chi connectivity index (χ0v) is 9.52. The summed E-state index contributed by atoms with van der Waals surface area (Å²) in [7, 11) is 0. The van der Waals surface area contributed by atoms with Crippen LogP contribution in [0.15, 0.2) is 30.3 Å². The van der Waals surface area contributed by atoms with E-state index in [2.05, 4.69) is 0 Å². The third-order valence-corrected chi connectivity index (χ3v) is 3.13. The van der Waals surface area contributed by atoms with Crippen molar-refractivity contribution in [2.75, 3.05) is 13.2 Å². The molecule has 1 atom stereocenters. The Morgan fingerprint density at radius 3 is 2.81 bits per heavy atom. The second-order valence-electron chi connectivity index (χ2n) is 4.41. The highest BCUT2D eigenvalue weighted by Crippen LogP contribution is 2.19. The minimum absolute atomic E-state index is 0.256. The monoisotopic (exact) mass is 218 g/mol. The van der Waals surface area contributed by atoms with E-state index in [9.17, 15) is 4.79 Å². The van der Waals surface area contributed by atoms with Gasteiger partial charge in [0, 0.05) is 25.2 Å². The maximum Gasteiger partial charge on any atom is 0.162 e. The first kappa shape index (κ1) is 11.3. The minimum Gasteiger partial charge on any atom is -0.381 e. The van der Waals surface area contributed by atoms with Crippen molar-refractivity contribution in [1.29, 1.82) is 0 Å². The molecule has 1 aliphatic heterocycles. The van der Waals surface area contributed by atoms with E-state index in [0.29, 0.717) is 12.3 Å². The van der Waals surface area contributed by atoms with Crippen LogP contribution in [0.1, 0.15) is 36.0 Å². The van der Waals surface area contributed by atoms with Crippen molar-refractivity contribution in [3.05, 3.63) is 35.9 Å². The van der Waals surface area contributed by atoms with E-state index < -0.39 is 0 Å². The average Bonchev–Trinajstić information content (AvgIpc) is 2.38. The maximum atomic E-state index is 11.8. The zero-order chi connectivity index (χ0) is 11.2. The van der Waals surface area contributed by atoms with Gasteiger partial charge < -0.3 is 4.74 Å². The lowest BCUT2D eigenvalue weighted by Crippen LogP contribution is -2.18. The molecule has 16 heavy (non-hydrogen) atoms. The van der Waals surface area contributed by atoms with Gasteiger partial charge >= 0.3 is 0 Å². The van der Waals surface area contributed by atoms with Crippen LogP contribution >= 0.6 is 0 Å². The fourth-order valence-corrected chi connectivity index (χ4v) is 2.14. The predicted octanol–water partition coefficient (Wildman–Crippen LogP) is 3.08. The van der Waals surface area contributed by atoms with E-state index in [0.717, 1.165) is 31.6 Å². The molecule has 1 aromatic rings. The van der Waals surface area contributed by atoms with Crippen molar-refractivity contribution in [2.24, 2.45) is 5.92 Å². The molecule has 0 bridgehead atoms. The predicted molar refractivity (Wildman–Crippen MR) is 63.5 cm³/mol. The second-order valence-corrected chi connectivity index (χ2v) is 4.41. The fourth-order valence-electron chi connectivity index (χ4n) is 2.14. The van der Waals surface area contributed by atoms with E-state index in [-0.39, 0.29) is 5.78 Å². The number of carbonyl (C=O) groups excluding carboxylic acids is 1. The average molecular weight is 218 g/mol. The Balaban J connectivity index is 1.79. The van der Waals surface area contributed by atoms with Gasteiger partial charge in [0.05, 0.1) is 0 Å². The number of carbonyl (C=O) groups is 1. The number of hydrogen-bond acceptors (Lipinski definition) is 2. The molecule has 0 saturated carbocycles. The van der Waals surface area contributed by atoms with Crippen LogP contribution in [0.4, 0.5) is 0 Å². The summed E-state index contributed by atoms with van der Waals surface area (Å²) in [6, 6.07) is 9.54. The smallest absolute Gasteiger partial charge is 0.162 e. The van der Waals surface area contributed by atoms with Gasteiger partial charge in [-0.15, -0.1) is 0 Å². The van der Waals surface area contributed by atoms with Gasteiger partial charge in [-0.1, -0.05) is 30.3 Å². The molecule has 0 N–H and O–H groups in total. The molecule has 2 nitrogen and oxygen atoms in total. The van der Waals surface area contributed by atoms with Gasteiger partial charge in [-0.05, 0) is 25.2 Å². The lowest BCUT2D eigenvalue weighted by atomic mass is 9.94. The molecular formula is C14H18O2. The van der Waals surface area contributed by atoms with Gasteiger partial charge in [0.15, 0.2) is 5.78 Å². The second kappa shape index (κ2) is 5.80. The molecule has 0 radical (unpaired) electrons. The summed E-state index contributed by atoms with van der Waals surface area (Å²) in [5.41, 5.74) is 0.833. The van der Waals surface area contributed by atoms with Crippen LogP contribution in [0.5, 0.6) is 0 Å². The maximum absolute atomic E-state index is 11.8. The van der Waals surface area contributed by atoms with E-state index in [4.69, 9.17) is 4.74 Å². The molecule has 0 aliphatic carbocycles. The third kappa shape index (κ3) is 3.17. The number of hydrogen-bond donors (Lipinski definition) is 0. The summed E-state index contributed by atoms with van der Waals surface area (Å²) in [4.78, 5) is 11.8. The van der Waals surface area contributed by atoms with Gasteiger partial charge in [-0.3, -0.25) is 4.79 Å². The number of ketones is 1. The molecular weight excluding hydrogens is 200 g/mol. The summed E-state index contributed by atoms with van der Waals surface area (Å²) in [6.07, 6.45) is 3.97. The largest absolute Gasteiger partial charge is 0.381 e. The highest BCUT2D eigenvalue weighted by molar-refractivity contribution is 5.95. The topological polar surface area (TPSA) is 26.3 Å². The van der Waals surface area contributed by atoms with Gasteiger partial charge in [0.1, 0.15) is 0 Å². The third-order valence-electron chi connectivity index (χ3n) is 3.13. The number of ether oxygens (including phenoxy) is 1. The van der Waals surface area contributed by atoms with Crippen LogP contribution in [-0.2, 0) is 4.74 Å². The van der Waals surface area contributed by atoms with Gasteiger partial charge in [-0.25, -0.2) is 0 Å². The molecule has 1 fully saturated rings. The Hall–Kier alpha value is -1.15. The van der Waals surface area contributed by atoms with E-state index in [1.54, 1.807) is 0 Å². The van der Waals surface area contributed by atoms with Gasteiger partial charge in [0.2, 0.25) is 0 Å². The molecule has 2 heteroatoms. The molecule has 1 aromatic carbocycles. The Bertz CT molecular complexity index is 326. The van der Waals surface area contributed by atoms with Gasteiger partial charge in [-0.2, -0.15) is 0 Å². The fraction of sp³-hybridized carbons (Fsp3) is 0.500. The standard InChI is InChI=1S/C14H18O2/c15-14(13-6-2-1-3-7-13)9-8-12-5-4-10-16-11-12/h1-3,6-7,12H,4-5,8-11H2. The molecule has 86 valence electrons. The van der Waals surface area contributed by atoms with Crippen LogP contribution < -0.4 is 0 Å². The van der Waals surface area contributed by atoms with Crippen LogP contribution in [0.2, 0.25) is 0 Å². The minimum atomic E-state index is 0.256. The summed E-state index contributed by atoms with van der Waals surface area (Å²) in [6.45, 7) is 1.73. The quantitative estimate of drug-likeness (QED) is 0.726. The first-order valence-corrected chi connectivity index (χ1v) is 6.02. The molecule has 1 aliphatic rings. The first-order chi connectivity index (χ1) is 7.86. The van der Waals surface area contributed by atoms with Crippen molar-refractivity contribution in [2.45, 2.75) is 25.7 Å². The van der Waals surface area contributed by atoms with Crippen molar-refractivity contribution in [3.8, 4) is 0 Å². The number of benzene rings is 1. The number of rotatable bonds is 4. The highest BCUT2D eigenvalue weighted by atomic mass is 16.5. The van der Waals surface area contributed by atoms with Crippen LogP contribution in [-0.4, -0.2) is 19.0 Å². The Labute approximate surface area is 96.6 Å². The van der Waals surface area contributed by atoms with Crippen molar-refractivity contribution >= 4 is 5.78 Å². The van der Waals surface area contributed by atoms with Crippen molar-refractivity contribution in [1.82, 2.24) is 0 Å². The highest BCUT2D eigenvalue weighted by Gasteiger charge is 2.15. The molecule has 2 rings (SSSR count). The first-order valence-electron chi connectivity index (χ1n) is 6.02. The van der Waals surface area contributed by atoms with Crippen LogP contribution in [0.25, 0.3) is 0 Å². The van der Waals surface area contributed by atoms with Crippen molar-refractivity contribution < 1.29 is 9.53 Å². The Morgan fingerprint density at radius 1 is 1.31 bits per heavy atom. The summed E-state index contributed by atoms with van der Waals surface area (Å²) < 4.78 is 5.41. The van der Waals surface area contributed by atoms with Crippen molar-refractivity contribution in [3.63, 3.8) is 0 Å². The summed E-state index contributed by atoms with van der Waals surface area (Å²) in [5.74, 6) is 0.840. The molecule has 1 saturated heterocycles. The number of Topliss-reactive ketones (excluding diaryl/α,β-unsaturated/α-hetero) is 1. The van der Waals surface area contributed by atoms with Gasteiger partial charge in [0.25, 0.3) is 0 Å². The van der Waals surface area contributed by atoms with Crippen LogP contribution in [0, 0.1) is 5.92 Å². The molecule has 0 aromatic heterocycles. The molecule has 0 amide bonds. The SMILES string of the molecule is O=C(CCC1CCCOC1)c1ccccc1. The van der Waals surface area contributed by atoms with E-state index in [1.165, 1.54) is 6.42 Å². The van der Waals surface area contributed by atoms with E-state index >= 15 is 0 Å². The van der Waals surface area contributed by atoms with Crippen LogP contribution in [0.3, 0.4) is 0 Å². The molecule has 1 heterocycles. The normalized spacial score (nSPS) is 20.6. The van der Waals surface area contributed by atoms with E-state index in [1.807, 2.05) is 30.3 Å². The summed E-state index contributed by atoms with van der Waals surface area (Å²) in [5, 5.41) is 0.